The van der Waals surface area contributed by atoms with Crippen molar-refractivity contribution < 1.29 is 12.8 Å². The number of rotatable bonds is 7. The summed E-state index contributed by atoms with van der Waals surface area (Å²) in [6.45, 7) is 6.29. The lowest BCUT2D eigenvalue weighted by atomic mass is 9.91. The van der Waals surface area contributed by atoms with E-state index in [1.54, 1.807) is 7.05 Å². The first kappa shape index (κ1) is 18.4. The summed E-state index contributed by atoms with van der Waals surface area (Å²) in [4.78, 5) is -0.410. The lowest BCUT2D eigenvalue weighted by Gasteiger charge is -2.23. The smallest absolute Gasteiger partial charge is 0.243 e. The highest BCUT2D eigenvalue weighted by Crippen LogP contribution is 2.25. The highest BCUT2D eigenvalue weighted by atomic mass is 35.5. The molecule has 2 N–H and O–H groups in total. The van der Waals surface area contributed by atoms with Crippen LogP contribution in [0.2, 0.25) is 5.02 Å². The van der Waals surface area contributed by atoms with Crippen molar-refractivity contribution in [2.24, 2.45) is 5.41 Å². The van der Waals surface area contributed by atoms with Gasteiger partial charge in [0.1, 0.15) is 10.7 Å². The van der Waals surface area contributed by atoms with Gasteiger partial charge in [0.15, 0.2) is 0 Å². The second-order valence-electron chi connectivity index (χ2n) is 5.75. The van der Waals surface area contributed by atoms with Gasteiger partial charge in [0, 0.05) is 23.7 Å². The molecule has 120 valence electrons. The van der Waals surface area contributed by atoms with Crippen LogP contribution in [0, 0.1) is 11.2 Å². The zero-order valence-electron chi connectivity index (χ0n) is 12.8. The Morgan fingerprint density at radius 2 is 1.95 bits per heavy atom. The first-order valence-electron chi connectivity index (χ1n) is 6.75. The molecule has 0 atom stereocenters. The van der Waals surface area contributed by atoms with Crippen molar-refractivity contribution in [3.8, 4) is 0 Å². The van der Waals surface area contributed by atoms with Crippen LogP contribution in [-0.4, -0.2) is 22.0 Å². The quantitative estimate of drug-likeness (QED) is 0.805. The fourth-order valence-corrected chi connectivity index (χ4v) is 3.32. The van der Waals surface area contributed by atoms with Crippen molar-refractivity contribution in [3.63, 3.8) is 0 Å². The first-order chi connectivity index (χ1) is 9.63. The van der Waals surface area contributed by atoms with E-state index in [0.717, 1.165) is 12.5 Å². The molecule has 1 aromatic rings. The number of sulfonamides is 1. The van der Waals surface area contributed by atoms with Crippen molar-refractivity contribution in [2.75, 3.05) is 13.6 Å². The molecule has 1 rings (SSSR count). The third-order valence-electron chi connectivity index (χ3n) is 3.43. The van der Waals surface area contributed by atoms with E-state index in [2.05, 4.69) is 10.0 Å². The van der Waals surface area contributed by atoms with Crippen LogP contribution in [0.3, 0.4) is 0 Å². The summed E-state index contributed by atoms with van der Waals surface area (Å²) in [6.07, 6.45) is 0.804. The minimum Gasteiger partial charge on any atom is -0.316 e. The Morgan fingerprint density at radius 3 is 2.48 bits per heavy atom. The SMILES string of the molecule is CCC(C)(C)CNS(=O)(=O)c1cc(Cl)cc(CNC)c1F. The molecule has 0 saturated heterocycles. The molecule has 0 unspecified atom stereocenters. The Balaban J connectivity index is 3.14. The molecule has 21 heavy (non-hydrogen) atoms. The predicted molar refractivity (Wildman–Crippen MR) is 83.4 cm³/mol. The van der Waals surface area contributed by atoms with E-state index < -0.39 is 20.7 Å². The van der Waals surface area contributed by atoms with E-state index in [9.17, 15) is 12.8 Å². The van der Waals surface area contributed by atoms with Crippen LogP contribution >= 0.6 is 11.6 Å². The lowest BCUT2D eigenvalue weighted by molar-refractivity contribution is 0.350. The van der Waals surface area contributed by atoms with Crippen LogP contribution in [0.25, 0.3) is 0 Å². The average molecular weight is 337 g/mol. The standard InChI is InChI=1S/C14H22ClFN2O2S/c1-5-14(2,3)9-18-21(19,20)12-7-11(15)6-10(8-17-4)13(12)16/h6-7,17-18H,5,8-9H2,1-4H3. The lowest BCUT2D eigenvalue weighted by Crippen LogP contribution is -2.34. The fourth-order valence-electron chi connectivity index (χ4n) is 1.63. The van der Waals surface area contributed by atoms with Crippen LogP contribution in [0.4, 0.5) is 4.39 Å². The monoisotopic (exact) mass is 336 g/mol. The predicted octanol–water partition coefficient (Wildman–Crippen LogP) is 2.91. The van der Waals surface area contributed by atoms with Crippen LogP contribution < -0.4 is 10.0 Å². The van der Waals surface area contributed by atoms with E-state index in [1.165, 1.54) is 6.07 Å². The Kier molecular flexibility index (Phi) is 6.16. The van der Waals surface area contributed by atoms with Gasteiger partial charge < -0.3 is 5.32 Å². The van der Waals surface area contributed by atoms with Gasteiger partial charge in [-0.3, -0.25) is 0 Å². The third kappa shape index (κ3) is 4.92. The molecule has 0 radical (unpaired) electrons. The molecule has 0 aliphatic heterocycles. The molecule has 0 fully saturated rings. The molecule has 7 heteroatoms. The van der Waals surface area contributed by atoms with Gasteiger partial charge in [-0.25, -0.2) is 17.5 Å². The van der Waals surface area contributed by atoms with E-state index >= 15 is 0 Å². The van der Waals surface area contributed by atoms with Gasteiger partial charge in [0.05, 0.1) is 0 Å². The van der Waals surface area contributed by atoms with Crippen molar-refractivity contribution in [1.29, 1.82) is 0 Å². The Morgan fingerprint density at radius 1 is 1.33 bits per heavy atom. The summed E-state index contributed by atoms with van der Waals surface area (Å²) in [5.41, 5.74) is 0.0239. The van der Waals surface area contributed by atoms with E-state index in [1.807, 2.05) is 20.8 Å². The van der Waals surface area contributed by atoms with Gasteiger partial charge in [-0.05, 0) is 31.0 Å². The molecule has 4 nitrogen and oxygen atoms in total. The number of nitrogens with one attached hydrogen (secondary N) is 2. The van der Waals surface area contributed by atoms with Crippen molar-refractivity contribution in [3.05, 3.63) is 28.5 Å². The molecule has 0 spiro atoms. The summed E-state index contributed by atoms with van der Waals surface area (Å²) in [5.74, 6) is -0.768. The zero-order valence-corrected chi connectivity index (χ0v) is 14.3. The maximum absolute atomic E-state index is 14.3. The maximum Gasteiger partial charge on any atom is 0.243 e. The van der Waals surface area contributed by atoms with Crippen LogP contribution in [0.1, 0.15) is 32.8 Å². The van der Waals surface area contributed by atoms with E-state index in [0.29, 0.717) is 0 Å². The Bertz CT molecular complexity index is 603. The molecular weight excluding hydrogens is 315 g/mol. The van der Waals surface area contributed by atoms with Gasteiger partial charge in [-0.2, -0.15) is 0 Å². The normalized spacial score (nSPS) is 12.7. The summed E-state index contributed by atoms with van der Waals surface area (Å²) in [7, 11) is -2.29. The minimum absolute atomic E-state index is 0.191. The molecule has 0 heterocycles. The summed E-state index contributed by atoms with van der Waals surface area (Å²) in [5, 5.41) is 2.97. The first-order valence-corrected chi connectivity index (χ1v) is 8.61. The molecule has 1 aromatic carbocycles. The molecular formula is C14H22ClFN2O2S. The maximum atomic E-state index is 14.3. The zero-order chi connectivity index (χ0) is 16.3. The third-order valence-corrected chi connectivity index (χ3v) is 5.05. The highest BCUT2D eigenvalue weighted by Gasteiger charge is 2.25. The average Bonchev–Trinajstić information content (AvgIpc) is 2.41. The molecule has 0 aromatic heterocycles. The van der Waals surface area contributed by atoms with Crippen LogP contribution in [-0.2, 0) is 16.6 Å². The number of halogens is 2. The van der Waals surface area contributed by atoms with E-state index in [4.69, 9.17) is 11.6 Å². The van der Waals surface area contributed by atoms with Crippen molar-refractivity contribution in [2.45, 2.75) is 38.6 Å². The summed E-state index contributed by atoms with van der Waals surface area (Å²) < 4.78 is 41.4. The Labute approximate surface area is 131 Å². The highest BCUT2D eigenvalue weighted by molar-refractivity contribution is 7.89. The Hall–Kier alpha value is -0.690. The largest absolute Gasteiger partial charge is 0.316 e. The minimum atomic E-state index is -3.93. The van der Waals surface area contributed by atoms with Gasteiger partial charge in [0.25, 0.3) is 0 Å². The number of hydrogen-bond acceptors (Lipinski definition) is 3. The molecule has 0 bridgehead atoms. The number of hydrogen-bond donors (Lipinski definition) is 2. The topological polar surface area (TPSA) is 58.2 Å². The molecule has 0 saturated carbocycles. The van der Waals surface area contributed by atoms with Crippen LogP contribution in [0.5, 0.6) is 0 Å². The molecule has 0 amide bonds. The summed E-state index contributed by atoms with van der Waals surface area (Å²) >= 11 is 5.89. The number of benzene rings is 1. The van der Waals surface area contributed by atoms with Gasteiger partial charge in [-0.15, -0.1) is 0 Å². The van der Waals surface area contributed by atoms with Gasteiger partial charge in [-0.1, -0.05) is 32.4 Å². The van der Waals surface area contributed by atoms with Crippen molar-refractivity contribution in [1.82, 2.24) is 10.0 Å². The van der Waals surface area contributed by atoms with E-state index in [-0.39, 0.29) is 29.1 Å². The molecule has 0 aliphatic rings. The van der Waals surface area contributed by atoms with Gasteiger partial charge in [0.2, 0.25) is 10.0 Å². The second kappa shape index (κ2) is 7.05. The van der Waals surface area contributed by atoms with Crippen LogP contribution in [0.15, 0.2) is 17.0 Å². The second-order valence-corrected chi connectivity index (χ2v) is 7.92. The summed E-state index contributed by atoms with van der Waals surface area (Å²) in [6, 6.07) is 2.56. The molecule has 0 aliphatic carbocycles. The fraction of sp³-hybridized carbons (Fsp3) is 0.571. The van der Waals surface area contributed by atoms with Crippen molar-refractivity contribution >= 4 is 21.6 Å². The van der Waals surface area contributed by atoms with Gasteiger partial charge >= 0.3 is 0 Å².